The molecule has 0 spiro atoms. The lowest BCUT2D eigenvalue weighted by Gasteiger charge is -2.10. The van der Waals surface area contributed by atoms with Crippen LogP contribution in [0, 0.1) is 0 Å². The van der Waals surface area contributed by atoms with Gasteiger partial charge < -0.3 is 14.8 Å². The quantitative estimate of drug-likeness (QED) is 0.424. The Morgan fingerprint density at radius 3 is 2.44 bits per heavy atom. The third-order valence-corrected chi connectivity index (χ3v) is 5.28. The van der Waals surface area contributed by atoms with Crippen LogP contribution >= 0.6 is 0 Å². The number of amides is 1. The largest absolute Gasteiger partial charge is 0.497 e. The molecule has 1 aromatic heterocycles. The highest BCUT2D eigenvalue weighted by Crippen LogP contribution is 2.26. The van der Waals surface area contributed by atoms with Gasteiger partial charge in [-0.1, -0.05) is 25.5 Å². The van der Waals surface area contributed by atoms with Crippen LogP contribution < -0.4 is 14.8 Å². The van der Waals surface area contributed by atoms with Crippen LogP contribution in [0.4, 0.5) is 5.69 Å². The Hall–Kier alpha value is -3.87. The second-order valence-electron chi connectivity index (χ2n) is 7.48. The Morgan fingerprint density at radius 1 is 0.938 bits per heavy atom. The molecule has 0 unspecified atom stereocenters. The van der Waals surface area contributed by atoms with E-state index in [2.05, 4.69) is 34.6 Å². The zero-order chi connectivity index (χ0) is 22.5. The summed E-state index contributed by atoms with van der Waals surface area (Å²) in [5.74, 6) is 0.782. The van der Waals surface area contributed by atoms with Crippen molar-refractivity contribution >= 4 is 22.6 Å². The molecule has 0 atom stereocenters. The number of benzene rings is 3. The third kappa shape index (κ3) is 4.56. The number of hydrogen-bond acceptors (Lipinski definition) is 5. The normalized spacial score (nSPS) is 10.8. The first-order valence-electron chi connectivity index (χ1n) is 10.6. The minimum Gasteiger partial charge on any atom is -0.497 e. The fourth-order valence-electron chi connectivity index (χ4n) is 3.47. The van der Waals surface area contributed by atoms with Gasteiger partial charge in [0, 0.05) is 11.8 Å². The zero-order valence-electron chi connectivity index (χ0n) is 18.5. The maximum Gasteiger partial charge on any atom is 0.259 e. The van der Waals surface area contributed by atoms with Gasteiger partial charge in [-0.2, -0.15) is 4.80 Å². The number of unbranched alkanes of at least 4 members (excludes halogenated alkanes) is 1. The number of aromatic nitrogens is 3. The maximum atomic E-state index is 12.8. The van der Waals surface area contributed by atoms with E-state index in [0.717, 1.165) is 17.6 Å². The van der Waals surface area contributed by atoms with E-state index in [0.29, 0.717) is 28.3 Å². The molecular formula is C25H26N4O3. The minimum absolute atomic E-state index is 0.279. The van der Waals surface area contributed by atoms with Crippen LogP contribution in [0.15, 0.2) is 60.7 Å². The molecular weight excluding hydrogens is 404 g/mol. The molecule has 0 radical (unpaired) electrons. The molecule has 0 saturated heterocycles. The second kappa shape index (κ2) is 9.51. The van der Waals surface area contributed by atoms with E-state index in [9.17, 15) is 4.79 Å². The molecule has 4 aromatic rings. The number of methoxy groups -OCH3 is 2. The van der Waals surface area contributed by atoms with Gasteiger partial charge in [0.15, 0.2) is 0 Å². The van der Waals surface area contributed by atoms with Crippen LogP contribution in [0.1, 0.15) is 35.7 Å². The molecule has 7 heteroatoms. The second-order valence-corrected chi connectivity index (χ2v) is 7.48. The first kappa shape index (κ1) is 21.4. The Kier molecular flexibility index (Phi) is 6.35. The average molecular weight is 431 g/mol. The average Bonchev–Trinajstić information content (AvgIpc) is 3.26. The van der Waals surface area contributed by atoms with Crippen LogP contribution in [0.25, 0.3) is 16.7 Å². The van der Waals surface area contributed by atoms with Crippen LogP contribution in [0.2, 0.25) is 0 Å². The Bertz CT molecular complexity index is 1230. The molecule has 0 aliphatic carbocycles. The van der Waals surface area contributed by atoms with E-state index in [1.165, 1.54) is 25.5 Å². The summed E-state index contributed by atoms with van der Waals surface area (Å²) in [6, 6.07) is 18.8. The Labute approximate surface area is 187 Å². The molecule has 1 amide bonds. The molecule has 0 aliphatic rings. The van der Waals surface area contributed by atoms with Gasteiger partial charge in [-0.3, -0.25) is 4.79 Å². The Balaban J connectivity index is 1.54. The number of ether oxygens (including phenoxy) is 2. The fraction of sp³-hybridized carbons (Fsp3) is 0.240. The summed E-state index contributed by atoms with van der Waals surface area (Å²) in [7, 11) is 3.09. The van der Waals surface area contributed by atoms with Crippen LogP contribution in [0.3, 0.4) is 0 Å². The van der Waals surface area contributed by atoms with E-state index < -0.39 is 0 Å². The topological polar surface area (TPSA) is 78.3 Å². The fourth-order valence-corrected chi connectivity index (χ4v) is 3.47. The summed E-state index contributed by atoms with van der Waals surface area (Å²) >= 11 is 0. The van der Waals surface area contributed by atoms with Crippen molar-refractivity contribution in [2.75, 3.05) is 19.5 Å². The highest BCUT2D eigenvalue weighted by molar-refractivity contribution is 6.06. The lowest BCUT2D eigenvalue weighted by molar-refractivity contribution is 0.102. The van der Waals surface area contributed by atoms with Crippen LogP contribution in [-0.4, -0.2) is 35.1 Å². The molecule has 3 aromatic carbocycles. The number of hydrogen-bond donors (Lipinski definition) is 1. The summed E-state index contributed by atoms with van der Waals surface area (Å²) in [5.41, 5.74) is 4.70. The number of nitrogens with zero attached hydrogens (tertiary/aromatic N) is 3. The molecule has 0 fully saturated rings. The summed E-state index contributed by atoms with van der Waals surface area (Å²) in [6.07, 6.45) is 3.44. The number of fused-ring (bicyclic) bond motifs is 1. The van der Waals surface area contributed by atoms with Crippen molar-refractivity contribution < 1.29 is 14.3 Å². The predicted molar refractivity (Wildman–Crippen MR) is 125 cm³/mol. The van der Waals surface area contributed by atoms with Gasteiger partial charge >= 0.3 is 0 Å². The van der Waals surface area contributed by atoms with Crippen molar-refractivity contribution in [1.29, 1.82) is 0 Å². The van der Waals surface area contributed by atoms with Gasteiger partial charge in [-0.05, 0) is 60.9 Å². The number of aryl methyl sites for hydroxylation is 1. The standard InChI is InChI=1S/C25H26N4O3/c1-4-5-6-17-7-10-19(11-8-17)29-27-22-14-9-18(15-23(22)28-29)26-25(30)21-13-12-20(31-2)16-24(21)32-3/h7-16H,4-6H2,1-3H3,(H,26,30). The molecule has 32 heavy (non-hydrogen) atoms. The van der Waals surface area contributed by atoms with Crippen molar-refractivity contribution in [2.24, 2.45) is 0 Å². The molecule has 7 nitrogen and oxygen atoms in total. The molecule has 0 aliphatic heterocycles. The van der Waals surface area contributed by atoms with E-state index in [-0.39, 0.29) is 5.91 Å². The number of carbonyl (C=O) groups excluding carboxylic acids is 1. The SMILES string of the molecule is CCCCc1ccc(-n2nc3ccc(NC(=O)c4ccc(OC)cc4OC)cc3n2)cc1. The monoisotopic (exact) mass is 430 g/mol. The summed E-state index contributed by atoms with van der Waals surface area (Å²) in [4.78, 5) is 14.4. The number of carbonyl (C=O) groups is 1. The molecule has 1 N–H and O–H groups in total. The first-order valence-corrected chi connectivity index (χ1v) is 10.6. The number of anilines is 1. The Morgan fingerprint density at radius 2 is 1.72 bits per heavy atom. The smallest absolute Gasteiger partial charge is 0.259 e. The van der Waals surface area contributed by atoms with Gasteiger partial charge in [0.1, 0.15) is 22.5 Å². The highest BCUT2D eigenvalue weighted by Gasteiger charge is 2.14. The summed E-state index contributed by atoms with van der Waals surface area (Å²) in [5, 5.41) is 12.0. The summed E-state index contributed by atoms with van der Waals surface area (Å²) < 4.78 is 10.5. The lowest BCUT2D eigenvalue weighted by Crippen LogP contribution is -2.13. The van der Waals surface area contributed by atoms with Crippen molar-refractivity contribution in [2.45, 2.75) is 26.2 Å². The van der Waals surface area contributed by atoms with Gasteiger partial charge in [-0.25, -0.2) is 0 Å². The summed E-state index contributed by atoms with van der Waals surface area (Å²) in [6.45, 7) is 2.19. The minimum atomic E-state index is -0.279. The third-order valence-electron chi connectivity index (χ3n) is 5.28. The lowest BCUT2D eigenvalue weighted by atomic mass is 10.1. The van der Waals surface area contributed by atoms with Gasteiger partial charge in [0.25, 0.3) is 5.91 Å². The predicted octanol–water partition coefficient (Wildman–Crippen LogP) is 5.03. The van der Waals surface area contributed by atoms with Gasteiger partial charge in [0.2, 0.25) is 0 Å². The van der Waals surface area contributed by atoms with Crippen molar-refractivity contribution in [3.63, 3.8) is 0 Å². The zero-order valence-corrected chi connectivity index (χ0v) is 18.5. The van der Waals surface area contributed by atoms with Crippen molar-refractivity contribution in [3.05, 3.63) is 71.8 Å². The van der Waals surface area contributed by atoms with E-state index in [4.69, 9.17) is 9.47 Å². The number of rotatable bonds is 8. The maximum absolute atomic E-state index is 12.8. The molecule has 0 bridgehead atoms. The van der Waals surface area contributed by atoms with E-state index in [1.807, 2.05) is 30.3 Å². The van der Waals surface area contributed by atoms with Crippen LogP contribution in [0.5, 0.6) is 11.5 Å². The van der Waals surface area contributed by atoms with Crippen molar-refractivity contribution in [1.82, 2.24) is 15.0 Å². The van der Waals surface area contributed by atoms with Gasteiger partial charge in [0.05, 0.1) is 25.5 Å². The van der Waals surface area contributed by atoms with Gasteiger partial charge in [-0.15, -0.1) is 10.2 Å². The molecule has 4 rings (SSSR count). The highest BCUT2D eigenvalue weighted by atomic mass is 16.5. The molecule has 164 valence electrons. The molecule has 1 heterocycles. The van der Waals surface area contributed by atoms with E-state index in [1.54, 1.807) is 30.1 Å². The van der Waals surface area contributed by atoms with Crippen molar-refractivity contribution in [3.8, 4) is 17.2 Å². The van der Waals surface area contributed by atoms with Crippen LogP contribution in [-0.2, 0) is 6.42 Å². The first-order chi connectivity index (χ1) is 15.6. The van der Waals surface area contributed by atoms with E-state index >= 15 is 0 Å². The number of nitrogens with one attached hydrogen (secondary N) is 1. The molecule has 0 saturated carbocycles.